The third-order valence-corrected chi connectivity index (χ3v) is 9.34. The first kappa shape index (κ1) is 19.3. The van der Waals surface area contributed by atoms with Crippen LogP contribution in [0.25, 0.3) is 0 Å². The van der Waals surface area contributed by atoms with Crippen LogP contribution >= 0.6 is 0 Å². The molecular formula is C22H34O6. The minimum absolute atomic E-state index is 0.0558. The Morgan fingerprint density at radius 3 is 2.07 bits per heavy atom. The fraction of sp³-hybridized carbons (Fsp3) is 0.955. The Bertz CT molecular complexity index is 637. The summed E-state index contributed by atoms with van der Waals surface area (Å²) in [5.74, 6) is -0.183. The first-order chi connectivity index (χ1) is 13.4. The molecule has 5 rings (SSSR count). The molecule has 5 atom stereocenters. The molecule has 5 aliphatic rings. The third-order valence-electron chi connectivity index (χ3n) is 9.34. The van der Waals surface area contributed by atoms with Crippen molar-refractivity contribution in [3.63, 3.8) is 0 Å². The van der Waals surface area contributed by atoms with Gasteiger partial charge in [0, 0.05) is 30.1 Å². The molecule has 0 aromatic rings. The van der Waals surface area contributed by atoms with Crippen molar-refractivity contribution >= 4 is 5.97 Å². The zero-order valence-corrected chi connectivity index (χ0v) is 17.2. The molecule has 2 spiro atoms. The summed E-state index contributed by atoms with van der Waals surface area (Å²) in [6.45, 7) is 7.27. The largest absolute Gasteiger partial charge is 0.481 e. The Morgan fingerprint density at radius 2 is 1.43 bits per heavy atom. The van der Waals surface area contributed by atoms with Crippen LogP contribution in [0.3, 0.4) is 0 Å². The van der Waals surface area contributed by atoms with E-state index in [-0.39, 0.29) is 17.3 Å². The van der Waals surface area contributed by atoms with Gasteiger partial charge in [-0.15, -0.1) is 0 Å². The number of fused-ring (bicyclic) bond motifs is 4. The molecule has 3 saturated carbocycles. The van der Waals surface area contributed by atoms with Crippen LogP contribution in [0.1, 0.15) is 65.2 Å². The summed E-state index contributed by atoms with van der Waals surface area (Å²) in [4.78, 5) is 11.4. The van der Waals surface area contributed by atoms with Crippen LogP contribution in [0, 0.1) is 28.6 Å². The summed E-state index contributed by atoms with van der Waals surface area (Å²) in [5.41, 5.74) is -0.209. The average Bonchev–Trinajstić information content (AvgIpc) is 3.39. The predicted molar refractivity (Wildman–Crippen MR) is 101 cm³/mol. The number of hydrogen-bond donors (Lipinski definition) is 1. The Kier molecular flexibility index (Phi) is 4.41. The molecule has 0 radical (unpaired) electrons. The lowest BCUT2D eigenvalue weighted by Gasteiger charge is -2.61. The van der Waals surface area contributed by atoms with Crippen molar-refractivity contribution in [2.24, 2.45) is 28.6 Å². The zero-order valence-electron chi connectivity index (χ0n) is 17.2. The molecule has 2 saturated heterocycles. The predicted octanol–water partition coefficient (Wildman–Crippen LogP) is 3.58. The molecule has 1 N–H and O–H groups in total. The van der Waals surface area contributed by atoms with Crippen molar-refractivity contribution in [3.8, 4) is 0 Å². The molecule has 6 heteroatoms. The minimum Gasteiger partial charge on any atom is -0.481 e. The van der Waals surface area contributed by atoms with Crippen molar-refractivity contribution < 1.29 is 28.8 Å². The number of aliphatic carboxylic acids is 1. The van der Waals surface area contributed by atoms with Crippen LogP contribution in [-0.2, 0) is 23.7 Å². The molecule has 28 heavy (non-hydrogen) atoms. The minimum atomic E-state index is -0.732. The Hall–Kier alpha value is -0.690. The lowest BCUT2D eigenvalue weighted by Crippen LogP contribution is -2.62. The van der Waals surface area contributed by atoms with Crippen molar-refractivity contribution in [2.75, 3.05) is 26.4 Å². The van der Waals surface area contributed by atoms with Gasteiger partial charge in [0.2, 0.25) is 0 Å². The normalized spacial score (nSPS) is 46.0. The summed E-state index contributed by atoms with van der Waals surface area (Å²) in [6.07, 6.45) is 7.00. The van der Waals surface area contributed by atoms with Gasteiger partial charge in [-0.25, -0.2) is 0 Å². The van der Waals surface area contributed by atoms with Gasteiger partial charge in [0.25, 0.3) is 0 Å². The van der Waals surface area contributed by atoms with Crippen molar-refractivity contribution in [1.29, 1.82) is 0 Å². The Balaban J connectivity index is 1.47. The van der Waals surface area contributed by atoms with Gasteiger partial charge in [-0.3, -0.25) is 4.79 Å². The van der Waals surface area contributed by atoms with E-state index in [0.29, 0.717) is 50.6 Å². The van der Waals surface area contributed by atoms with Gasteiger partial charge in [0.15, 0.2) is 11.6 Å². The molecule has 0 unspecified atom stereocenters. The lowest BCUT2D eigenvalue weighted by molar-refractivity contribution is -0.302. The van der Waals surface area contributed by atoms with Gasteiger partial charge >= 0.3 is 5.97 Å². The van der Waals surface area contributed by atoms with Crippen LogP contribution in [0.15, 0.2) is 0 Å². The van der Waals surface area contributed by atoms with Crippen LogP contribution < -0.4 is 0 Å². The number of carboxylic acid groups (broad SMARTS) is 1. The van der Waals surface area contributed by atoms with E-state index in [0.717, 1.165) is 38.5 Å². The highest BCUT2D eigenvalue weighted by Crippen LogP contribution is 2.70. The standard InChI is InChI=1S/C22H34O6/c1-19-7-4-16-15(17(19)5-10-22(19)27-13-14-28-22)3-9-21(25-11-12-26-21)20(16,2)8-6-18(23)24/h15-17H,3-14H2,1-2H3,(H,23,24)/t15-,16+,17+,19+,20-/m1/s1. The highest BCUT2D eigenvalue weighted by Gasteiger charge is 2.70. The first-order valence-electron chi connectivity index (χ1n) is 11.1. The monoisotopic (exact) mass is 394 g/mol. The highest BCUT2D eigenvalue weighted by atomic mass is 16.7. The second kappa shape index (κ2) is 6.40. The van der Waals surface area contributed by atoms with Crippen molar-refractivity contribution in [3.05, 3.63) is 0 Å². The van der Waals surface area contributed by atoms with E-state index in [9.17, 15) is 9.90 Å². The topological polar surface area (TPSA) is 74.2 Å². The summed E-state index contributed by atoms with van der Waals surface area (Å²) < 4.78 is 24.9. The summed E-state index contributed by atoms with van der Waals surface area (Å²) in [5, 5.41) is 9.40. The zero-order chi connectivity index (χ0) is 19.6. The van der Waals surface area contributed by atoms with Gasteiger partial charge in [-0.2, -0.15) is 0 Å². The van der Waals surface area contributed by atoms with Crippen molar-refractivity contribution in [2.45, 2.75) is 76.8 Å². The molecule has 0 bridgehead atoms. The maximum Gasteiger partial charge on any atom is 0.303 e. The van der Waals surface area contributed by atoms with Gasteiger partial charge in [0.05, 0.1) is 26.4 Å². The average molecular weight is 395 g/mol. The molecule has 0 aromatic carbocycles. The molecule has 158 valence electrons. The van der Waals surface area contributed by atoms with Crippen LogP contribution in [0.5, 0.6) is 0 Å². The Morgan fingerprint density at radius 1 is 0.857 bits per heavy atom. The molecule has 0 amide bonds. The second-order valence-electron chi connectivity index (χ2n) is 10.1. The van der Waals surface area contributed by atoms with E-state index in [1.54, 1.807) is 0 Å². The van der Waals surface area contributed by atoms with Gasteiger partial charge in [0.1, 0.15) is 0 Å². The number of carboxylic acids is 1. The fourth-order valence-electron chi connectivity index (χ4n) is 7.96. The lowest BCUT2D eigenvalue weighted by atomic mass is 9.47. The highest BCUT2D eigenvalue weighted by molar-refractivity contribution is 5.66. The summed E-state index contributed by atoms with van der Waals surface area (Å²) >= 11 is 0. The number of rotatable bonds is 3. The van der Waals surface area contributed by atoms with Gasteiger partial charge in [-0.1, -0.05) is 13.8 Å². The third kappa shape index (κ3) is 2.38. The first-order valence-corrected chi connectivity index (χ1v) is 11.1. The maximum absolute atomic E-state index is 11.4. The second-order valence-corrected chi connectivity index (χ2v) is 10.1. The SMILES string of the molecule is C[C@]12CC[C@H]3[C@@H](CCC4(OCCO4)[C@]3(C)CCC(=O)O)[C@@H]1CCC21OCCO1. The van der Waals surface area contributed by atoms with Gasteiger partial charge in [-0.05, 0) is 49.9 Å². The molecule has 3 aliphatic carbocycles. The van der Waals surface area contributed by atoms with Crippen LogP contribution in [0.4, 0.5) is 0 Å². The molecule has 2 aliphatic heterocycles. The smallest absolute Gasteiger partial charge is 0.303 e. The molecule has 5 fully saturated rings. The summed E-state index contributed by atoms with van der Waals surface area (Å²) in [6, 6.07) is 0. The van der Waals surface area contributed by atoms with E-state index in [4.69, 9.17) is 18.9 Å². The number of carbonyl (C=O) groups is 1. The maximum atomic E-state index is 11.4. The molecule has 0 aromatic heterocycles. The van der Waals surface area contributed by atoms with E-state index in [1.807, 2.05) is 0 Å². The molecule has 2 heterocycles. The molecular weight excluding hydrogens is 360 g/mol. The summed E-state index contributed by atoms with van der Waals surface area (Å²) in [7, 11) is 0. The number of ether oxygens (including phenoxy) is 4. The van der Waals surface area contributed by atoms with E-state index >= 15 is 0 Å². The quantitative estimate of drug-likeness (QED) is 0.789. The number of hydrogen-bond acceptors (Lipinski definition) is 5. The van der Waals surface area contributed by atoms with Gasteiger partial charge < -0.3 is 24.1 Å². The van der Waals surface area contributed by atoms with E-state index < -0.39 is 17.5 Å². The van der Waals surface area contributed by atoms with Crippen molar-refractivity contribution in [1.82, 2.24) is 0 Å². The van der Waals surface area contributed by atoms with Crippen LogP contribution in [-0.4, -0.2) is 49.1 Å². The van der Waals surface area contributed by atoms with E-state index in [1.165, 1.54) is 0 Å². The van der Waals surface area contributed by atoms with E-state index in [2.05, 4.69) is 13.8 Å². The fourth-order valence-corrected chi connectivity index (χ4v) is 7.96. The Labute approximate surface area is 167 Å². The van der Waals surface area contributed by atoms with Crippen LogP contribution in [0.2, 0.25) is 0 Å². The molecule has 6 nitrogen and oxygen atoms in total.